The number of carbonyl (C=O) groups excluding carboxylic acids is 1. The maximum Gasteiger partial charge on any atom is 0.253 e. The zero-order valence-electron chi connectivity index (χ0n) is 9.40. The molecule has 0 saturated carbocycles. The lowest BCUT2D eigenvalue weighted by Crippen LogP contribution is -2.28. The fraction of sp³-hybridized carbons (Fsp3) is 0.417. The largest absolute Gasteiger partial charge is 0.383 e. The molecule has 1 atom stereocenters. The summed E-state index contributed by atoms with van der Waals surface area (Å²) in [5.41, 5.74) is 0.691. The molecule has 1 amide bonds. The lowest BCUT2D eigenvalue weighted by Gasteiger charge is -2.13. The number of aliphatic hydroxyl groups is 1. The molecule has 0 aliphatic carbocycles. The Kier molecular flexibility index (Phi) is 4.96. The molecule has 0 heterocycles. The highest BCUT2D eigenvalue weighted by Crippen LogP contribution is 2.15. The minimum Gasteiger partial charge on any atom is -0.383 e. The number of anilines is 1. The van der Waals surface area contributed by atoms with Gasteiger partial charge in [0, 0.05) is 10.2 Å². The van der Waals surface area contributed by atoms with Crippen LogP contribution in [0.3, 0.4) is 0 Å². The van der Waals surface area contributed by atoms with E-state index < -0.39 is 6.10 Å². The number of halogens is 1. The summed E-state index contributed by atoms with van der Waals surface area (Å²) in [6.45, 7) is 3.94. The number of aliphatic hydroxyl groups excluding tert-OH is 1. The minimum absolute atomic E-state index is 0.297. The molecule has 0 aliphatic heterocycles. The van der Waals surface area contributed by atoms with E-state index in [1.165, 1.54) is 0 Å². The molecule has 0 saturated heterocycles. The van der Waals surface area contributed by atoms with Gasteiger partial charge in [-0.2, -0.15) is 0 Å². The lowest BCUT2D eigenvalue weighted by atomic mass is 10.1. The summed E-state index contributed by atoms with van der Waals surface area (Å²) < 4.78 is 0.952. The van der Waals surface area contributed by atoms with Crippen molar-refractivity contribution in [1.29, 1.82) is 0 Å². The molecule has 0 fully saturated rings. The zero-order valence-corrected chi connectivity index (χ0v) is 11.0. The Morgan fingerprint density at radius 1 is 1.38 bits per heavy atom. The molecule has 2 N–H and O–H groups in total. The van der Waals surface area contributed by atoms with E-state index >= 15 is 0 Å². The number of benzene rings is 1. The molecule has 88 valence electrons. The normalized spacial score (nSPS) is 12.6. The van der Waals surface area contributed by atoms with E-state index in [1.807, 2.05) is 26.0 Å². The Morgan fingerprint density at radius 2 is 1.94 bits per heavy atom. The SMILES string of the molecule is CC(C)CC(O)C(=O)Nc1ccc(Br)cc1. The van der Waals surface area contributed by atoms with Crippen molar-refractivity contribution >= 4 is 27.5 Å². The molecule has 3 nitrogen and oxygen atoms in total. The third-order valence-corrected chi connectivity index (χ3v) is 2.64. The smallest absolute Gasteiger partial charge is 0.253 e. The van der Waals surface area contributed by atoms with Gasteiger partial charge in [-0.25, -0.2) is 0 Å². The summed E-state index contributed by atoms with van der Waals surface area (Å²) in [5.74, 6) is -0.0540. The van der Waals surface area contributed by atoms with Crippen molar-refractivity contribution in [2.75, 3.05) is 5.32 Å². The van der Waals surface area contributed by atoms with Crippen LogP contribution in [0.5, 0.6) is 0 Å². The Hall–Kier alpha value is -0.870. The zero-order chi connectivity index (χ0) is 12.1. The van der Waals surface area contributed by atoms with Gasteiger partial charge in [-0.15, -0.1) is 0 Å². The number of amides is 1. The molecule has 4 heteroatoms. The highest BCUT2D eigenvalue weighted by Gasteiger charge is 2.16. The Morgan fingerprint density at radius 3 is 2.44 bits per heavy atom. The molecule has 0 spiro atoms. The van der Waals surface area contributed by atoms with Gasteiger partial charge in [-0.3, -0.25) is 4.79 Å². The number of rotatable bonds is 4. The van der Waals surface area contributed by atoms with Gasteiger partial charge in [0.2, 0.25) is 0 Å². The number of nitrogens with one attached hydrogen (secondary N) is 1. The van der Waals surface area contributed by atoms with Gasteiger partial charge >= 0.3 is 0 Å². The van der Waals surface area contributed by atoms with Crippen molar-refractivity contribution in [3.8, 4) is 0 Å². The summed E-state index contributed by atoms with van der Waals surface area (Å²) in [4.78, 5) is 11.6. The predicted molar refractivity (Wildman–Crippen MR) is 68.2 cm³/mol. The van der Waals surface area contributed by atoms with E-state index in [0.717, 1.165) is 4.47 Å². The fourth-order valence-electron chi connectivity index (χ4n) is 1.31. The van der Waals surface area contributed by atoms with Gasteiger partial charge in [0.25, 0.3) is 5.91 Å². The van der Waals surface area contributed by atoms with Gasteiger partial charge in [-0.1, -0.05) is 29.8 Å². The second kappa shape index (κ2) is 6.01. The van der Waals surface area contributed by atoms with Gasteiger partial charge in [0.15, 0.2) is 0 Å². The summed E-state index contributed by atoms with van der Waals surface area (Å²) >= 11 is 3.31. The van der Waals surface area contributed by atoms with Crippen molar-refractivity contribution in [2.24, 2.45) is 5.92 Å². The quantitative estimate of drug-likeness (QED) is 0.894. The monoisotopic (exact) mass is 285 g/mol. The molecule has 1 rings (SSSR count). The third-order valence-electron chi connectivity index (χ3n) is 2.11. The molecule has 1 aromatic rings. The average molecular weight is 286 g/mol. The van der Waals surface area contributed by atoms with Crippen LogP contribution < -0.4 is 5.32 Å². The first kappa shape index (κ1) is 13.2. The van der Waals surface area contributed by atoms with E-state index in [1.54, 1.807) is 12.1 Å². The molecule has 0 bridgehead atoms. The van der Waals surface area contributed by atoms with Crippen molar-refractivity contribution in [2.45, 2.75) is 26.4 Å². The van der Waals surface area contributed by atoms with Crippen LogP contribution in [0.15, 0.2) is 28.7 Å². The summed E-state index contributed by atoms with van der Waals surface area (Å²) in [7, 11) is 0. The highest BCUT2D eigenvalue weighted by molar-refractivity contribution is 9.10. The molecule has 16 heavy (non-hydrogen) atoms. The third kappa shape index (κ3) is 4.33. The first-order valence-electron chi connectivity index (χ1n) is 5.23. The molecular formula is C12H16BrNO2. The highest BCUT2D eigenvalue weighted by atomic mass is 79.9. The van der Waals surface area contributed by atoms with Crippen LogP contribution in [0.4, 0.5) is 5.69 Å². The Balaban J connectivity index is 2.54. The first-order chi connectivity index (χ1) is 7.49. The van der Waals surface area contributed by atoms with E-state index in [4.69, 9.17) is 0 Å². The molecule has 0 aromatic heterocycles. The number of hydrogen-bond donors (Lipinski definition) is 2. The summed E-state index contributed by atoms with van der Waals surface area (Å²) in [6.07, 6.45) is -0.467. The lowest BCUT2D eigenvalue weighted by molar-refractivity contribution is -0.124. The minimum atomic E-state index is -0.941. The number of hydrogen-bond acceptors (Lipinski definition) is 2. The van der Waals surface area contributed by atoms with E-state index in [-0.39, 0.29) is 5.91 Å². The van der Waals surface area contributed by atoms with Crippen LogP contribution in [-0.2, 0) is 4.79 Å². The van der Waals surface area contributed by atoms with Crippen LogP contribution in [-0.4, -0.2) is 17.1 Å². The van der Waals surface area contributed by atoms with Gasteiger partial charge in [-0.05, 0) is 36.6 Å². The van der Waals surface area contributed by atoms with Crippen LogP contribution in [0.1, 0.15) is 20.3 Å². The number of carbonyl (C=O) groups is 1. The molecular weight excluding hydrogens is 270 g/mol. The van der Waals surface area contributed by atoms with Crippen LogP contribution in [0.2, 0.25) is 0 Å². The van der Waals surface area contributed by atoms with E-state index in [9.17, 15) is 9.90 Å². The maximum absolute atomic E-state index is 11.6. The van der Waals surface area contributed by atoms with Gasteiger partial charge in [0.1, 0.15) is 6.10 Å². The molecule has 1 aromatic carbocycles. The molecule has 1 unspecified atom stereocenters. The predicted octanol–water partition coefficient (Wildman–Crippen LogP) is 2.79. The van der Waals surface area contributed by atoms with Crippen molar-refractivity contribution in [1.82, 2.24) is 0 Å². The maximum atomic E-state index is 11.6. The molecule has 0 aliphatic rings. The second-order valence-corrected chi connectivity index (χ2v) is 5.06. The Bertz CT molecular complexity index is 349. The van der Waals surface area contributed by atoms with Gasteiger partial charge < -0.3 is 10.4 Å². The fourth-order valence-corrected chi connectivity index (χ4v) is 1.58. The van der Waals surface area contributed by atoms with Crippen molar-refractivity contribution in [3.63, 3.8) is 0 Å². The standard InChI is InChI=1S/C12H16BrNO2/c1-8(2)7-11(15)12(16)14-10-5-3-9(13)4-6-10/h3-6,8,11,15H,7H2,1-2H3,(H,14,16). The van der Waals surface area contributed by atoms with Crippen LogP contribution >= 0.6 is 15.9 Å². The van der Waals surface area contributed by atoms with Crippen LogP contribution in [0, 0.1) is 5.92 Å². The average Bonchev–Trinajstić information content (AvgIpc) is 2.20. The first-order valence-corrected chi connectivity index (χ1v) is 6.03. The summed E-state index contributed by atoms with van der Waals surface area (Å²) in [5, 5.41) is 12.2. The van der Waals surface area contributed by atoms with Crippen molar-refractivity contribution < 1.29 is 9.90 Å². The van der Waals surface area contributed by atoms with Crippen molar-refractivity contribution in [3.05, 3.63) is 28.7 Å². The molecule has 0 radical (unpaired) electrons. The topological polar surface area (TPSA) is 49.3 Å². The van der Waals surface area contributed by atoms with E-state index in [2.05, 4.69) is 21.2 Å². The second-order valence-electron chi connectivity index (χ2n) is 4.14. The van der Waals surface area contributed by atoms with Crippen LogP contribution in [0.25, 0.3) is 0 Å². The van der Waals surface area contributed by atoms with Gasteiger partial charge in [0.05, 0.1) is 0 Å². The summed E-state index contributed by atoms with van der Waals surface area (Å²) in [6, 6.07) is 7.24. The van der Waals surface area contributed by atoms with E-state index in [0.29, 0.717) is 18.0 Å². The Labute approximate surface area is 104 Å².